The first kappa shape index (κ1) is 16.9. The molecule has 1 aliphatic heterocycles. The minimum Gasteiger partial charge on any atom is -0.463 e. The largest absolute Gasteiger partial charge is 0.463 e. The van der Waals surface area contributed by atoms with E-state index < -0.39 is 12.0 Å². The number of carbonyl (C=O) groups is 2. The first-order valence-electron chi connectivity index (χ1n) is 7.55. The van der Waals surface area contributed by atoms with Gasteiger partial charge in [0.05, 0.1) is 29.4 Å². The summed E-state index contributed by atoms with van der Waals surface area (Å²) in [4.78, 5) is 24.9. The Morgan fingerprint density at radius 2 is 2.20 bits per heavy atom. The van der Waals surface area contributed by atoms with Gasteiger partial charge in [-0.25, -0.2) is 9.59 Å². The first-order valence-corrected chi connectivity index (χ1v) is 7.93. The summed E-state index contributed by atoms with van der Waals surface area (Å²) in [5, 5.41) is 17.8. The maximum absolute atomic E-state index is 12.0. The summed E-state index contributed by atoms with van der Waals surface area (Å²) in [7, 11) is 0. The van der Waals surface area contributed by atoms with Crippen LogP contribution < -0.4 is 10.6 Å². The number of nitrogens with one attached hydrogen (secondary N) is 2. The molecule has 2 amide bonds. The smallest absolute Gasteiger partial charge is 0.337 e. The molecule has 0 fully saturated rings. The Morgan fingerprint density at radius 3 is 2.96 bits per heavy atom. The predicted molar refractivity (Wildman–Crippen MR) is 88.5 cm³/mol. The molecule has 10 heteroatoms. The summed E-state index contributed by atoms with van der Waals surface area (Å²) < 4.78 is 5.00. The number of aromatic nitrogens is 4. The Balaban J connectivity index is 1.86. The third kappa shape index (κ3) is 3.77. The van der Waals surface area contributed by atoms with Crippen molar-refractivity contribution >= 4 is 23.6 Å². The van der Waals surface area contributed by atoms with Crippen molar-refractivity contribution in [2.75, 3.05) is 13.2 Å². The summed E-state index contributed by atoms with van der Waals surface area (Å²) in [6.07, 6.45) is 0. The standard InChI is InChI=1S/C15H15ClN6O3/c1-2-25-14(23)10-7-17-15(24)18-12(10)8-22-20-13(19-21-22)9-5-3-4-6-11(9)16/h3-6H,2,7-8H2,1H3,(H2,17,18,24). The van der Waals surface area contributed by atoms with Gasteiger partial charge in [-0.05, 0) is 24.3 Å². The van der Waals surface area contributed by atoms with E-state index in [0.717, 1.165) is 0 Å². The molecule has 0 aliphatic carbocycles. The Labute approximate surface area is 148 Å². The highest BCUT2D eigenvalue weighted by Crippen LogP contribution is 2.23. The number of esters is 1. The maximum atomic E-state index is 12.0. The Morgan fingerprint density at radius 1 is 1.40 bits per heavy atom. The quantitative estimate of drug-likeness (QED) is 0.771. The monoisotopic (exact) mass is 362 g/mol. The van der Waals surface area contributed by atoms with Gasteiger partial charge in [-0.2, -0.15) is 4.80 Å². The maximum Gasteiger partial charge on any atom is 0.337 e. The number of nitrogens with zero attached hydrogens (tertiary/aromatic N) is 4. The predicted octanol–water partition coefficient (Wildman–Crippen LogP) is 1.12. The lowest BCUT2D eigenvalue weighted by molar-refractivity contribution is -0.138. The third-order valence-electron chi connectivity index (χ3n) is 3.44. The minimum absolute atomic E-state index is 0.0685. The van der Waals surface area contributed by atoms with Gasteiger partial charge in [0.15, 0.2) is 0 Å². The summed E-state index contributed by atoms with van der Waals surface area (Å²) in [6.45, 7) is 2.09. The molecule has 0 radical (unpaired) electrons. The summed E-state index contributed by atoms with van der Waals surface area (Å²) in [5.74, 6) is -0.152. The molecule has 2 N–H and O–H groups in total. The van der Waals surface area contributed by atoms with Crippen molar-refractivity contribution in [3.05, 3.63) is 40.6 Å². The van der Waals surface area contributed by atoms with Crippen molar-refractivity contribution in [3.8, 4) is 11.4 Å². The molecule has 0 unspecified atom stereocenters. The van der Waals surface area contributed by atoms with Crippen LogP contribution in [0.2, 0.25) is 5.02 Å². The molecule has 0 bridgehead atoms. The van der Waals surface area contributed by atoms with E-state index in [-0.39, 0.29) is 19.7 Å². The number of allylic oxidation sites excluding steroid dienone is 1. The molecule has 0 atom stereocenters. The molecule has 130 valence electrons. The molecule has 2 heterocycles. The van der Waals surface area contributed by atoms with Gasteiger partial charge < -0.3 is 15.4 Å². The van der Waals surface area contributed by atoms with Gasteiger partial charge in [-0.3, -0.25) is 0 Å². The van der Waals surface area contributed by atoms with Crippen LogP contribution >= 0.6 is 11.6 Å². The molecule has 0 saturated heterocycles. The fraction of sp³-hybridized carbons (Fsp3) is 0.267. The second kappa shape index (κ2) is 7.31. The summed E-state index contributed by atoms with van der Waals surface area (Å²) in [5.41, 5.74) is 1.33. The van der Waals surface area contributed by atoms with Crippen LogP contribution in [0.4, 0.5) is 4.79 Å². The molecule has 1 aromatic heterocycles. The number of tetrazole rings is 1. The highest BCUT2D eigenvalue weighted by atomic mass is 35.5. The van der Waals surface area contributed by atoms with Gasteiger partial charge in [-0.15, -0.1) is 10.2 Å². The minimum atomic E-state index is -0.503. The van der Waals surface area contributed by atoms with Gasteiger partial charge in [-0.1, -0.05) is 23.7 Å². The number of halogens is 1. The van der Waals surface area contributed by atoms with E-state index in [4.69, 9.17) is 16.3 Å². The molecule has 0 saturated carbocycles. The average molecular weight is 363 g/mol. The lowest BCUT2D eigenvalue weighted by Crippen LogP contribution is -2.45. The third-order valence-corrected chi connectivity index (χ3v) is 3.77. The fourth-order valence-electron chi connectivity index (χ4n) is 2.28. The normalized spacial score (nSPS) is 14.1. The SMILES string of the molecule is CCOC(=O)C1=C(Cn2nnc(-c3ccccc3Cl)n2)NC(=O)NC1. The van der Waals surface area contributed by atoms with Crippen LogP contribution in [0.15, 0.2) is 35.5 Å². The fourth-order valence-corrected chi connectivity index (χ4v) is 2.50. The van der Waals surface area contributed by atoms with Gasteiger partial charge in [0.1, 0.15) is 6.54 Å². The zero-order chi connectivity index (χ0) is 17.8. The molecule has 3 rings (SSSR count). The van der Waals surface area contributed by atoms with E-state index in [1.165, 1.54) is 4.80 Å². The molecule has 9 nitrogen and oxygen atoms in total. The van der Waals surface area contributed by atoms with Crippen molar-refractivity contribution in [1.82, 2.24) is 30.8 Å². The Hall–Kier alpha value is -2.94. The van der Waals surface area contributed by atoms with Gasteiger partial charge >= 0.3 is 12.0 Å². The van der Waals surface area contributed by atoms with Gasteiger partial charge in [0.2, 0.25) is 5.82 Å². The lowest BCUT2D eigenvalue weighted by atomic mass is 10.1. The van der Waals surface area contributed by atoms with Crippen LogP contribution in [-0.4, -0.2) is 45.4 Å². The van der Waals surface area contributed by atoms with E-state index in [1.807, 2.05) is 6.07 Å². The van der Waals surface area contributed by atoms with Crippen LogP contribution in [0.25, 0.3) is 11.4 Å². The van der Waals surface area contributed by atoms with Crippen LogP contribution in [0.3, 0.4) is 0 Å². The molecular weight excluding hydrogens is 348 g/mol. The first-order chi connectivity index (χ1) is 12.1. The van der Waals surface area contributed by atoms with Gasteiger partial charge in [0, 0.05) is 5.56 Å². The van der Waals surface area contributed by atoms with Gasteiger partial charge in [0.25, 0.3) is 0 Å². The van der Waals surface area contributed by atoms with Crippen LogP contribution in [0.5, 0.6) is 0 Å². The Bertz CT molecular complexity index is 847. The zero-order valence-corrected chi connectivity index (χ0v) is 14.1. The van der Waals surface area contributed by atoms with Crippen LogP contribution in [-0.2, 0) is 16.1 Å². The van der Waals surface area contributed by atoms with Crippen molar-refractivity contribution in [2.24, 2.45) is 0 Å². The Kier molecular flexibility index (Phi) is 4.94. The molecule has 1 aromatic carbocycles. The van der Waals surface area contributed by atoms with Crippen molar-refractivity contribution in [1.29, 1.82) is 0 Å². The van der Waals surface area contributed by atoms with E-state index >= 15 is 0 Å². The molecule has 1 aliphatic rings. The number of amides is 2. The number of hydrogen-bond acceptors (Lipinski definition) is 6. The molecule has 2 aromatic rings. The molecular formula is C15H15ClN6O3. The second-order valence-corrected chi connectivity index (χ2v) is 5.52. The van der Waals surface area contributed by atoms with Crippen molar-refractivity contribution in [2.45, 2.75) is 13.5 Å². The van der Waals surface area contributed by atoms with E-state index in [1.54, 1.807) is 25.1 Å². The zero-order valence-electron chi connectivity index (χ0n) is 13.3. The van der Waals surface area contributed by atoms with E-state index in [9.17, 15) is 9.59 Å². The van der Waals surface area contributed by atoms with Crippen molar-refractivity contribution in [3.63, 3.8) is 0 Å². The number of carbonyl (C=O) groups excluding carboxylic acids is 2. The number of hydrogen-bond donors (Lipinski definition) is 2. The van der Waals surface area contributed by atoms with Crippen LogP contribution in [0, 0.1) is 0 Å². The number of rotatable bonds is 5. The lowest BCUT2D eigenvalue weighted by Gasteiger charge is -2.20. The summed E-state index contributed by atoms with van der Waals surface area (Å²) >= 11 is 6.13. The number of benzene rings is 1. The van der Waals surface area contributed by atoms with E-state index in [0.29, 0.717) is 27.7 Å². The molecule has 0 spiro atoms. The van der Waals surface area contributed by atoms with E-state index in [2.05, 4.69) is 26.0 Å². The topological polar surface area (TPSA) is 111 Å². The summed E-state index contributed by atoms with van der Waals surface area (Å²) in [6, 6.07) is 6.72. The number of ether oxygens (including phenoxy) is 1. The highest BCUT2D eigenvalue weighted by Gasteiger charge is 2.24. The number of urea groups is 1. The molecule has 25 heavy (non-hydrogen) atoms. The highest BCUT2D eigenvalue weighted by molar-refractivity contribution is 6.33. The second-order valence-electron chi connectivity index (χ2n) is 5.11. The van der Waals surface area contributed by atoms with Crippen LogP contribution in [0.1, 0.15) is 6.92 Å². The average Bonchev–Trinajstić information content (AvgIpc) is 3.04. The van der Waals surface area contributed by atoms with Crippen molar-refractivity contribution < 1.29 is 14.3 Å².